The van der Waals surface area contributed by atoms with Crippen molar-refractivity contribution in [1.29, 1.82) is 0 Å². The molecule has 3 heterocycles. The smallest absolute Gasteiger partial charge is 0.339 e. The molecule has 3 fully saturated rings. The first kappa shape index (κ1) is 92.6. The Morgan fingerprint density at radius 3 is 1.03 bits per heavy atom. The summed E-state index contributed by atoms with van der Waals surface area (Å²) in [6.07, 6.45) is 6.34. The third-order valence-electron chi connectivity index (χ3n) is 16.8. The average molecular weight is 1960 g/mol. The molecule has 17 nitrogen and oxygen atoms in total. The van der Waals surface area contributed by atoms with E-state index in [0.29, 0.717) is 88.5 Å². The van der Waals surface area contributed by atoms with Gasteiger partial charge in [0.25, 0.3) is 0 Å². The fourth-order valence-corrected chi connectivity index (χ4v) is 14.1. The predicted molar refractivity (Wildman–Crippen MR) is 436 cm³/mol. The van der Waals surface area contributed by atoms with E-state index in [2.05, 4.69) is 116 Å². The SMILES string of the molecule is COc1cc(Cl)c(Br)cc1CBr.COc1cc(Cl)c(Br)cc1CN1CCC(CO)CC1.COc1cc(Cl)c(Br)cc1CO.COc1cc(Cl)c(C)cc1CN1CCC(CO)CC1.Cc1cc(CN2CCC(CO)CC2)c(O)cc1Cl.O=C(O)c1cc(Br)c(Cl)cc1O.OCc1cc(Br)c(Cl)cc1O. The van der Waals surface area contributed by atoms with E-state index >= 15 is 0 Å². The second-order valence-corrected chi connectivity index (χ2v) is 31.7. The number of carboxylic acids is 1. The van der Waals surface area contributed by atoms with Crippen LogP contribution in [0.15, 0.2) is 107 Å². The topological polar surface area (TPSA) is 246 Å². The number of carbonyl (C=O) groups is 1. The number of aliphatic hydroxyl groups is 5. The molecule has 0 radical (unpaired) electrons. The zero-order valence-corrected chi connectivity index (χ0v) is 72.3. The Morgan fingerprint density at radius 1 is 0.388 bits per heavy atom. The van der Waals surface area contributed by atoms with E-state index in [-0.39, 0.29) is 41.0 Å². The summed E-state index contributed by atoms with van der Waals surface area (Å²) in [5, 5.41) is 86.5. The summed E-state index contributed by atoms with van der Waals surface area (Å²) in [4.78, 5) is 17.6. The summed E-state index contributed by atoms with van der Waals surface area (Å²) in [5.41, 5.74) is 7.42. The summed E-state index contributed by atoms with van der Waals surface area (Å²) in [6.45, 7) is 13.2. The van der Waals surface area contributed by atoms with E-state index in [1.54, 1.807) is 58.8 Å². The van der Waals surface area contributed by atoms with Gasteiger partial charge in [-0.3, -0.25) is 14.7 Å². The summed E-state index contributed by atoms with van der Waals surface area (Å²) in [5.74, 6) is 3.25. The lowest BCUT2D eigenvalue weighted by atomic mass is 9.97. The Morgan fingerprint density at radius 2 is 0.660 bits per heavy atom. The molecule has 10 rings (SSSR count). The van der Waals surface area contributed by atoms with Crippen molar-refractivity contribution in [2.45, 2.75) is 90.6 Å². The van der Waals surface area contributed by atoms with Gasteiger partial charge in [0.1, 0.15) is 45.8 Å². The maximum atomic E-state index is 10.5. The van der Waals surface area contributed by atoms with E-state index in [9.17, 15) is 9.90 Å². The normalized spacial score (nSPS) is 14.3. The molecule has 568 valence electrons. The number of benzene rings is 7. The number of aromatic carboxylic acids is 1. The first-order chi connectivity index (χ1) is 48.9. The standard InChI is InChI=1S/C15H22ClNO2.C14H19BrClNO2.C14H20ClNO2.C8H7Br2ClO.C8H8BrClO2.C7H4BrClO3.C7H6BrClO2/c1-11-7-13(15(19-2)8-14(11)16)9-17-5-3-12(10-18)4-6-17;1-19-14-7-13(16)12(15)6-11(14)8-17-4-2-10(9-18)3-5-17;1-10-6-12(14(18)7-13(10)15)8-16-4-2-11(9-17)3-5-16;1-12-8-3-7(11)6(10)2-5(8)4-9;1-12-8-3-7(10)6(9)2-5(8)4-11;8-4-1-3(7(11)12)6(10)2-5(4)9;8-5-1-4(3-10)7(11)2-6(5)9/h7-8,12,18H,3-6,9-10H2,1-2H3;6-7,10,18H,2-5,8-9H2,1H3;6-7,11,17-18H,2-5,8-9H2,1H3;2-3H,4H2,1H3;2-3,11H,4H2,1H3;1-2,10H,(H,11,12);1-2,10-11H,3H2. The number of methoxy groups -OCH3 is 4. The van der Waals surface area contributed by atoms with Crippen LogP contribution in [0.2, 0.25) is 35.2 Å². The van der Waals surface area contributed by atoms with Gasteiger partial charge in [-0.2, -0.15) is 0 Å². The molecule has 0 unspecified atom stereocenters. The number of aliphatic hydroxyl groups excluding tert-OH is 5. The Balaban J connectivity index is 0.000000258. The van der Waals surface area contributed by atoms with Gasteiger partial charge < -0.3 is 64.9 Å². The first-order valence-corrected chi connectivity index (χ1v) is 39.9. The van der Waals surface area contributed by atoms with Crippen molar-refractivity contribution in [1.82, 2.24) is 14.7 Å². The molecular weight excluding hydrogens is 1870 g/mol. The summed E-state index contributed by atoms with van der Waals surface area (Å²) < 4.78 is 24.6. The number of aryl methyl sites for hydroxylation is 2. The van der Waals surface area contributed by atoms with Crippen LogP contribution in [0.4, 0.5) is 0 Å². The van der Waals surface area contributed by atoms with Gasteiger partial charge in [-0.25, -0.2) is 4.79 Å². The van der Waals surface area contributed by atoms with Crippen LogP contribution in [-0.2, 0) is 38.2 Å². The number of rotatable bonds is 17. The first-order valence-electron chi connectivity index (χ1n) is 32.1. The Labute approximate surface area is 688 Å². The second-order valence-electron chi connectivity index (χ2n) is 24.0. The van der Waals surface area contributed by atoms with Crippen LogP contribution < -0.4 is 18.9 Å². The number of carboxylic acid groups (broad SMARTS) is 1. The Kier molecular flexibility index (Phi) is 43.1. The number of nitrogens with zero attached hydrogens (tertiary/aromatic N) is 3. The van der Waals surface area contributed by atoms with Gasteiger partial charge in [0.2, 0.25) is 0 Å². The molecule has 0 aromatic heterocycles. The van der Waals surface area contributed by atoms with Gasteiger partial charge in [0.15, 0.2) is 0 Å². The maximum Gasteiger partial charge on any atom is 0.339 e. The van der Waals surface area contributed by atoms with Gasteiger partial charge >= 0.3 is 5.97 Å². The quantitative estimate of drug-likeness (QED) is 0.0385. The number of piperidine rings is 3. The van der Waals surface area contributed by atoms with Gasteiger partial charge in [0.05, 0.1) is 66.8 Å². The minimum absolute atomic E-state index is 0.0145. The van der Waals surface area contributed by atoms with Crippen molar-refractivity contribution < 1.29 is 69.7 Å². The van der Waals surface area contributed by atoms with E-state index in [1.165, 1.54) is 23.8 Å². The van der Waals surface area contributed by atoms with Crippen molar-refractivity contribution in [3.05, 3.63) is 193 Å². The third kappa shape index (κ3) is 30.5. The van der Waals surface area contributed by atoms with Crippen LogP contribution in [0.25, 0.3) is 0 Å². The molecule has 7 aromatic carbocycles. The number of phenols is 3. The predicted octanol–water partition coefficient (Wildman–Crippen LogP) is 20.2. The summed E-state index contributed by atoms with van der Waals surface area (Å²) in [6, 6.07) is 24.0. The zero-order chi connectivity index (χ0) is 76.8. The highest BCUT2D eigenvalue weighted by molar-refractivity contribution is 9.11. The molecule has 0 spiro atoms. The molecule has 3 aliphatic heterocycles. The van der Waals surface area contributed by atoms with Crippen molar-refractivity contribution >= 4 is 183 Å². The van der Waals surface area contributed by atoms with Gasteiger partial charge in [-0.1, -0.05) is 97.1 Å². The largest absolute Gasteiger partial charge is 0.508 e. The van der Waals surface area contributed by atoms with Gasteiger partial charge in [-0.05, 0) is 255 Å². The summed E-state index contributed by atoms with van der Waals surface area (Å²) in [7, 11) is 6.52. The monoisotopic (exact) mass is 1950 g/mol. The van der Waals surface area contributed by atoms with Crippen molar-refractivity contribution in [2.75, 3.05) is 87.5 Å². The van der Waals surface area contributed by atoms with E-state index < -0.39 is 5.97 Å². The van der Waals surface area contributed by atoms with Crippen LogP contribution in [0.3, 0.4) is 0 Å². The minimum Gasteiger partial charge on any atom is -0.508 e. The van der Waals surface area contributed by atoms with Gasteiger partial charge in [-0.15, -0.1) is 0 Å². The molecule has 3 saturated heterocycles. The highest BCUT2D eigenvalue weighted by Crippen LogP contribution is 2.37. The molecule has 0 bridgehead atoms. The molecule has 0 aliphatic carbocycles. The van der Waals surface area contributed by atoms with Crippen LogP contribution in [-0.4, -0.2) is 154 Å². The molecule has 103 heavy (non-hydrogen) atoms. The van der Waals surface area contributed by atoms with Crippen molar-refractivity contribution in [2.24, 2.45) is 17.8 Å². The van der Waals surface area contributed by atoms with E-state index in [1.807, 2.05) is 44.2 Å². The number of likely N-dealkylation sites (tertiary alicyclic amines) is 3. The number of alkyl halides is 1. The molecule has 3 aliphatic rings. The fourth-order valence-electron chi connectivity index (χ4n) is 10.6. The molecule has 30 heteroatoms. The number of aromatic hydroxyl groups is 3. The maximum absolute atomic E-state index is 10.5. The second kappa shape index (κ2) is 48.0. The number of ether oxygens (including phenoxy) is 4. The molecule has 0 saturated carbocycles. The summed E-state index contributed by atoms with van der Waals surface area (Å²) >= 11 is 60.7. The molecule has 0 atom stereocenters. The third-order valence-corrected chi connectivity index (χ3v) is 24.2. The van der Waals surface area contributed by atoms with E-state index in [4.69, 9.17) is 141 Å². The minimum atomic E-state index is -1.19. The lowest BCUT2D eigenvalue weighted by Crippen LogP contribution is -2.34. The molecular formula is C73H86Br6Cl7N3O14. The molecule has 0 amide bonds. The van der Waals surface area contributed by atoms with Crippen LogP contribution in [0.5, 0.6) is 40.2 Å². The molecule has 9 N–H and O–H groups in total. The Hall–Kier alpha value is -2.80. The fraction of sp³-hybridized carbons (Fsp3) is 0.411. The molecule has 7 aromatic rings. The van der Waals surface area contributed by atoms with Crippen molar-refractivity contribution in [3.8, 4) is 40.2 Å². The van der Waals surface area contributed by atoms with Crippen LogP contribution >= 0.6 is 177 Å². The lowest BCUT2D eigenvalue weighted by molar-refractivity contribution is 0.0693. The number of hydrogen-bond acceptors (Lipinski definition) is 16. The highest BCUT2D eigenvalue weighted by Gasteiger charge is 2.24. The highest BCUT2D eigenvalue weighted by atomic mass is 79.9. The van der Waals surface area contributed by atoms with E-state index in [0.717, 1.165) is 166 Å². The lowest BCUT2D eigenvalue weighted by Gasteiger charge is -2.31. The average Bonchev–Trinajstić information content (AvgIpc) is 0.882. The number of hydrogen-bond donors (Lipinski definition) is 9. The number of halogens is 13. The number of phenolic OH excluding ortho intramolecular Hbond substituents is 1. The van der Waals surface area contributed by atoms with Crippen molar-refractivity contribution in [3.63, 3.8) is 0 Å². The van der Waals surface area contributed by atoms with Crippen LogP contribution in [0.1, 0.15) is 93.4 Å². The Bertz CT molecular complexity index is 3640. The zero-order valence-electron chi connectivity index (χ0n) is 57.5. The van der Waals surface area contributed by atoms with Crippen LogP contribution in [0, 0.1) is 31.6 Å². The van der Waals surface area contributed by atoms with Gasteiger partial charge in [0, 0.05) is 141 Å².